The zero-order valence-electron chi connectivity index (χ0n) is 12.4. The number of rotatable bonds is 5. The maximum Gasteiger partial charge on any atom is 0.308 e. The van der Waals surface area contributed by atoms with E-state index in [0.717, 1.165) is 29.4 Å². The first-order valence-electron chi connectivity index (χ1n) is 6.81. The summed E-state index contributed by atoms with van der Waals surface area (Å²) in [7, 11) is 2.11. The SMILES string of the molecule is CC(=O)Oc1cncc2[nH]cc(CCN(C)C(C)C)c12. The Bertz CT molecular complexity index is 604. The molecule has 20 heavy (non-hydrogen) atoms. The molecule has 0 spiro atoms. The van der Waals surface area contributed by atoms with E-state index < -0.39 is 0 Å². The fourth-order valence-corrected chi connectivity index (χ4v) is 2.10. The predicted molar refractivity (Wildman–Crippen MR) is 78.9 cm³/mol. The lowest BCUT2D eigenvalue weighted by Crippen LogP contribution is -2.28. The summed E-state index contributed by atoms with van der Waals surface area (Å²) in [6.45, 7) is 6.69. The summed E-state index contributed by atoms with van der Waals surface area (Å²) in [6, 6.07) is 0.509. The number of esters is 1. The zero-order chi connectivity index (χ0) is 14.7. The predicted octanol–water partition coefficient (Wildman–Crippen LogP) is 2.37. The average Bonchev–Trinajstić information content (AvgIpc) is 2.79. The second-order valence-corrected chi connectivity index (χ2v) is 5.29. The van der Waals surface area contributed by atoms with E-state index in [1.54, 1.807) is 12.4 Å². The average molecular weight is 275 g/mol. The van der Waals surface area contributed by atoms with Crippen molar-refractivity contribution < 1.29 is 9.53 Å². The van der Waals surface area contributed by atoms with Gasteiger partial charge in [-0.05, 0) is 32.9 Å². The molecule has 0 amide bonds. The highest BCUT2D eigenvalue weighted by Gasteiger charge is 2.13. The second kappa shape index (κ2) is 6.05. The van der Waals surface area contributed by atoms with Crippen molar-refractivity contribution in [3.05, 3.63) is 24.2 Å². The number of pyridine rings is 1. The molecule has 2 aromatic rings. The lowest BCUT2D eigenvalue weighted by molar-refractivity contribution is -0.131. The van der Waals surface area contributed by atoms with Crippen LogP contribution in [0.5, 0.6) is 5.75 Å². The number of aromatic amines is 1. The van der Waals surface area contributed by atoms with Crippen molar-refractivity contribution in [3.8, 4) is 5.75 Å². The van der Waals surface area contributed by atoms with Gasteiger partial charge in [-0.1, -0.05) is 0 Å². The number of hydrogen-bond acceptors (Lipinski definition) is 4. The molecule has 108 valence electrons. The third kappa shape index (κ3) is 3.17. The second-order valence-electron chi connectivity index (χ2n) is 5.29. The van der Waals surface area contributed by atoms with E-state index in [2.05, 4.69) is 35.8 Å². The van der Waals surface area contributed by atoms with Crippen molar-refractivity contribution in [1.82, 2.24) is 14.9 Å². The van der Waals surface area contributed by atoms with Crippen molar-refractivity contribution in [1.29, 1.82) is 0 Å². The first-order chi connectivity index (χ1) is 9.49. The van der Waals surface area contributed by atoms with Crippen LogP contribution in [0.4, 0.5) is 0 Å². The number of nitrogens with one attached hydrogen (secondary N) is 1. The minimum Gasteiger partial charge on any atom is -0.424 e. The van der Waals surface area contributed by atoms with Gasteiger partial charge in [0.15, 0.2) is 5.75 Å². The van der Waals surface area contributed by atoms with Crippen LogP contribution >= 0.6 is 0 Å². The molecule has 0 unspecified atom stereocenters. The Morgan fingerprint density at radius 1 is 1.45 bits per heavy atom. The number of carbonyl (C=O) groups is 1. The van der Waals surface area contributed by atoms with Gasteiger partial charge in [0.1, 0.15) is 0 Å². The summed E-state index contributed by atoms with van der Waals surface area (Å²) in [4.78, 5) is 20.7. The van der Waals surface area contributed by atoms with Crippen LogP contribution in [-0.4, -0.2) is 40.5 Å². The summed E-state index contributed by atoms with van der Waals surface area (Å²) in [6.07, 6.45) is 6.20. The molecule has 0 saturated heterocycles. The van der Waals surface area contributed by atoms with Gasteiger partial charge in [0.25, 0.3) is 0 Å². The molecule has 0 radical (unpaired) electrons. The standard InChI is InChI=1S/C15H21N3O2/c1-10(2)18(4)6-5-12-7-17-13-8-16-9-14(15(12)13)20-11(3)19/h7-10,17H,5-6H2,1-4H3. The van der Waals surface area contributed by atoms with Crippen LogP contribution in [0.3, 0.4) is 0 Å². The first kappa shape index (κ1) is 14.5. The molecule has 0 saturated carbocycles. The van der Waals surface area contributed by atoms with Crippen LogP contribution in [0, 0.1) is 0 Å². The van der Waals surface area contributed by atoms with Gasteiger partial charge in [-0.25, -0.2) is 0 Å². The number of fused-ring (bicyclic) bond motifs is 1. The molecule has 1 N–H and O–H groups in total. The van der Waals surface area contributed by atoms with Gasteiger partial charge < -0.3 is 14.6 Å². The molecule has 2 heterocycles. The molecule has 5 heteroatoms. The van der Waals surface area contributed by atoms with Gasteiger partial charge in [-0.15, -0.1) is 0 Å². The van der Waals surface area contributed by atoms with E-state index >= 15 is 0 Å². The van der Waals surface area contributed by atoms with Gasteiger partial charge >= 0.3 is 5.97 Å². The Labute approximate surface area is 118 Å². The maximum atomic E-state index is 11.2. The van der Waals surface area contributed by atoms with Crippen LogP contribution in [-0.2, 0) is 11.2 Å². The van der Waals surface area contributed by atoms with E-state index in [1.165, 1.54) is 6.92 Å². The maximum absolute atomic E-state index is 11.2. The Balaban J connectivity index is 2.27. The van der Waals surface area contributed by atoms with Crippen LogP contribution in [0.1, 0.15) is 26.3 Å². The highest BCUT2D eigenvalue weighted by atomic mass is 16.5. The van der Waals surface area contributed by atoms with Gasteiger partial charge in [-0.3, -0.25) is 9.78 Å². The minimum absolute atomic E-state index is 0.328. The van der Waals surface area contributed by atoms with Gasteiger partial charge in [0.2, 0.25) is 0 Å². The van der Waals surface area contributed by atoms with Crippen LogP contribution in [0.2, 0.25) is 0 Å². The first-order valence-corrected chi connectivity index (χ1v) is 6.81. The zero-order valence-corrected chi connectivity index (χ0v) is 12.4. The molecule has 0 fully saturated rings. The number of hydrogen-bond donors (Lipinski definition) is 1. The number of nitrogens with zero attached hydrogens (tertiary/aromatic N) is 2. The summed E-state index contributed by atoms with van der Waals surface area (Å²) in [5, 5.41) is 0.951. The molecular weight excluding hydrogens is 254 g/mol. The Morgan fingerprint density at radius 3 is 2.85 bits per heavy atom. The summed E-state index contributed by atoms with van der Waals surface area (Å²) in [5.74, 6) is 0.198. The molecule has 2 aromatic heterocycles. The molecule has 0 aliphatic rings. The van der Waals surface area contributed by atoms with Gasteiger partial charge in [0.05, 0.1) is 17.9 Å². The summed E-state index contributed by atoms with van der Waals surface area (Å²) < 4.78 is 5.25. The Morgan fingerprint density at radius 2 is 2.20 bits per heavy atom. The lowest BCUT2D eigenvalue weighted by Gasteiger charge is -2.20. The van der Waals surface area contributed by atoms with E-state index in [1.807, 2.05) is 6.20 Å². The minimum atomic E-state index is -0.328. The number of H-pyrrole nitrogens is 1. The molecule has 0 atom stereocenters. The molecule has 0 aliphatic carbocycles. The van der Waals surface area contributed by atoms with Crippen molar-refractivity contribution in [2.75, 3.05) is 13.6 Å². The number of aromatic nitrogens is 2. The highest BCUT2D eigenvalue weighted by molar-refractivity contribution is 5.90. The van der Waals surface area contributed by atoms with Gasteiger partial charge in [0, 0.05) is 31.1 Å². The number of ether oxygens (including phenoxy) is 1. The molecule has 2 rings (SSSR count). The van der Waals surface area contributed by atoms with Crippen LogP contribution < -0.4 is 4.74 Å². The van der Waals surface area contributed by atoms with Crippen LogP contribution in [0.25, 0.3) is 10.9 Å². The Hall–Kier alpha value is -1.88. The van der Waals surface area contributed by atoms with Gasteiger partial charge in [-0.2, -0.15) is 0 Å². The molecule has 5 nitrogen and oxygen atoms in total. The van der Waals surface area contributed by atoms with Crippen molar-refractivity contribution >= 4 is 16.9 Å². The van der Waals surface area contributed by atoms with Crippen LogP contribution in [0.15, 0.2) is 18.6 Å². The largest absolute Gasteiger partial charge is 0.424 e. The van der Waals surface area contributed by atoms with E-state index in [9.17, 15) is 4.79 Å². The fraction of sp³-hybridized carbons (Fsp3) is 0.467. The van der Waals surface area contributed by atoms with Crippen molar-refractivity contribution in [2.24, 2.45) is 0 Å². The lowest BCUT2D eigenvalue weighted by atomic mass is 10.1. The fourth-order valence-electron chi connectivity index (χ4n) is 2.10. The smallest absolute Gasteiger partial charge is 0.308 e. The summed E-state index contributed by atoms with van der Waals surface area (Å²) in [5.41, 5.74) is 2.04. The van der Waals surface area contributed by atoms with E-state index in [4.69, 9.17) is 4.74 Å². The molecule has 0 aromatic carbocycles. The van der Waals surface area contributed by atoms with E-state index in [-0.39, 0.29) is 5.97 Å². The topological polar surface area (TPSA) is 58.2 Å². The monoisotopic (exact) mass is 275 g/mol. The number of likely N-dealkylation sites (N-methyl/N-ethyl adjacent to an activating group) is 1. The number of carbonyl (C=O) groups excluding carboxylic acids is 1. The van der Waals surface area contributed by atoms with Crippen molar-refractivity contribution in [3.63, 3.8) is 0 Å². The highest BCUT2D eigenvalue weighted by Crippen LogP contribution is 2.28. The third-order valence-corrected chi connectivity index (χ3v) is 3.50. The van der Waals surface area contributed by atoms with E-state index in [0.29, 0.717) is 11.8 Å². The normalized spacial score (nSPS) is 11.5. The van der Waals surface area contributed by atoms with Crippen molar-refractivity contribution in [2.45, 2.75) is 33.2 Å². The third-order valence-electron chi connectivity index (χ3n) is 3.50. The summed E-state index contributed by atoms with van der Waals surface area (Å²) >= 11 is 0. The molecular formula is C15H21N3O2. The molecule has 0 aliphatic heterocycles. The Kier molecular flexibility index (Phi) is 4.39. The molecule has 0 bridgehead atoms. The quantitative estimate of drug-likeness (QED) is 0.851.